The molecule has 0 saturated carbocycles. The lowest BCUT2D eigenvalue weighted by molar-refractivity contribution is -0.138. The van der Waals surface area contributed by atoms with Crippen LogP contribution < -0.4 is 18.9 Å². The fraction of sp³-hybridized carbons (Fsp3) is 0.120. The van der Waals surface area contributed by atoms with Crippen LogP contribution in [0.1, 0.15) is 27.0 Å². The number of nitriles is 1. The number of Topliss-reactive ketones (excluding diaryl/α,β-unsaturated/α-hetero) is 1. The van der Waals surface area contributed by atoms with Gasteiger partial charge in [0.1, 0.15) is 17.2 Å². The third kappa shape index (κ3) is 4.38. The van der Waals surface area contributed by atoms with Crippen LogP contribution in [0.4, 0.5) is 13.2 Å². The van der Waals surface area contributed by atoms with Crippen LogP contribution in [0, 0.1) is 11.3 Å². The number of methoxy groups -OCH3 is 2. The minimum atomic E-state index is -4.72. The van der Waals surface area contributed by atoms with Gasteiger partial charge in [0.25, 0.3) is 0 Å². The minimum Gasteiger partial charge on any atom is -0.497 e. The van der Waals surface area contributed by atoms with Gasteiger partial charge in [0, 0.05) is 0 Å². The molecule has 3 aromatic carbocycles. The summed E-state index contributed by atoms with van der Waals surface area (Å²) in [6, 6.07) is 14.0. The molecule has 34 heavy (non-hydrogen) atoms. The number of alkyl halides is 3. The predicted molar refractivity (Wildman–Crippen MR) is 115 cm³/mol. The van der Waals surface area contributed by atoms with E-state index in [0.29, 0.717) is 22.6 Å². The highest BCUT2D eigenvalue weighted by Gasteiger charge is 2.35. The van der Waals surface area contributed by atoms with Crippen LogP contribution in [0.25, 0.3) is 6.08 Å². The zero-order valence-electron chi connectivity index (χ0n) is 17.9. The quantitative estimate of drug-likeness (QED) is 0.428. The topological polar surface area (TPSA) is 77.8 Å². The Morgan fingerprint density at radius 1 is 0.941 bits per heavy atom. The lowest BCUT2D eigenvalue weighted by atomic mass is 10.1. The van der Waals surface area contributed by atoms with Crippen molar-refractivity contribution in [2.45, 2.75) is 6.18 Å². The van der Waals surface area contributed by atoms with Crippen LogP contribution in [-0.4, -0.2) is 20.0 Å². The molecule has 172 valence electrons. The van der Waals surface area contributed by atoms with Crippen molar-refractivity contribution in [2.75, 3.05) is 14.2 Å². The Bertz CT molecular complexity index is 1360. The van der Waals surface area contributed by atoms with Gasteiger partial charge < -0.3 is 18.9 Å². The molecule has 9 heteroatoms. The van der Waals surface area contributed by atoms with Crippen molar-refractivity contribution in [1.29, 1.82) is 5.26 Å². The molecule has 6 nitrogen and oxygen atoms in total. The van der Waals surface area contributed by atoms with Crippen LogP contribution in [0.2, 0.25) is 0 Å². The predicted octanol–water partition coefficient (Wildman–Crippen LogP) is 6.00. The zero-order chi connectivity index (χ0) is 24.5. The van der Waals surface area contributed by atoms with E-state index < -0.39 is 17.5 Å². The standard InChI is InChI=1S/C25H16F3NO5/c1-31-16-5-8-19-17(12-16)24(30)23(33-19)11-14-3-7-21(22(10-14)32-2)34-20-6-4-15(13-29)9-18(20)25(26,27)28/h3-12H,1-2H3. The molecule has 0 spiro atoms. The molecule has 0 unspecified atom stereocenters. The minimum absolute atomic E-state index is 0.0200. The fourth-order valence-electron chi connectivity index (χ4n) is 3.33. The van der Waals surface area contributed by atoms with E-state index in [9.17, 15) is 18.0 Å². The van der Waals surface area contributed by atoms with Gasteiger partial charge in [0.05, 0.1) is 37.0 Å². The maximum Gasteiger partial charge on any atom is 0.420 e. The third-order valence-electron chi connectivity index (χ3n) is 4.99. The van der Waals surface area contributed by atoms with Gasteiger partial charge in [-0.15, -0.1) is 0 Å². The van der Waals surface area contributed by atoms with Crippen molar-refractivity contribution in [2.24, 2.45) is 0 Å². The molecule has 1 aliphatic heterocycles. The number of carbonyl (C=O) groups is 1. The zero-order valence-corrected chi connectivity index (χ0v) is 17.9. The molecule has 0 aromatic heterocycles. The highest BCUT2D eigenvalue weighted by Crippen LogP contribution is 2.41. The van der Waals surface area contributed by atoms with E-state index >= 15 is 0 Å². The van der Waals surface area contributed by atoms with Gasteiger partial charge in [-0.25, -0.2) is 0 Å². The van der Waals surface area contributed by atoms with Crippen LogP contribution in [-0.2, 0) is 6.18 Å². The van der Waals surface area contributed by atoms with E-state index in [2.05, 4.69) is 0 Å². The summed E-state index contributed by atoms with van der Waals surface area (Å²) in [5.74, 6) is 0.328. The molecule has 0 N–H and O–H groups in total. The van der Waals surface area contributed by atoms with Crippen LogP contribution in [0.15, 0.2) is 60.4 Å². The fourth-order valence-corrected chi connectivity index (χ4v) is 3.33. The van der Waals surface area contributed by atoms with Crippen molar-refractivity contribution in [3.05, 3.63) is 82.6 Å². The first-order valence-electron chi connectivity index (χ1n) is 9.83. The average molecular weight is 467 g/mol. The van der Waals surface area contributed by atoms with Crippen molar-refractivity contribution < 1.29 is 36.9 Å². The van der Waals surface area contributed by atoms with Crippen LogP contribution >= 0.6 is 0 Å². The molecule has 0 radical (unpaired) electrons. The van der Waals surface area contributed by atoms with Crippen molar-refractivity contribution in [1.82, 2.24) is 0 Å². The Labute approximate surface area is 192 Å². The average Bonchev–Trinajstić information content (AvgIpc) is 3.13. The second-order valence-corrected chi connectivity index (χ2v) is 7.13. The summed E-state index contributed by atoms with van der Waals surface area (Å²) in [6.07, 6.45) is -3.23. The summed E-state index contributed by atoms with van der Waals surface area (Å²) in [7, 11) is 2.83. The number of halogens is 3. The summed E-state index contributed by atoms with van der Waals surface area (Å²) in [6.45, 7) is 0. The molecule has 0 bridgehead atoms. The van der Waals surface area contributed by atoms with Gasteiger partial charge in [-0.05, 0) is 60.2 Å². The number of ether oxygens (including phenoxy) is 4. The smallest absolute Gasteiger partial charge is 0.420 e. The highest BCUT2D eigenvalue weighted by molar-refractivity contribution is 6.14. The number of benzene rings is 3. The van der Waals surface area contributed by atoms with Gasteiger partial charge in [-0.2, -0.15) is 18.4 Å². The Kier molecular flexibility index (Phi) is 5.90. The molecule has 0 fully saturated rings. The first kappa shape index (κ1) is 22.7. The number of hydrogen-bond donors (Lipinski definition) is 0. The number of fused-ring (bicyclic) bond motifs is 1. The molecule has 3 aromatic rings. The Morgan fingerprint density at radius 3 is 2.38 bits per heavy atom. The van der Waals surface area contributed by atoms with Crippen LogP contribution in [0.5, 0.6) is 28.7 Å². The number of nitrogens with zero attached hydrogens (tertiary/aromatic N) is 1. The summed E-state index contributed by atoms with van der Waals surface area (Å²) in [5.41, 5.74) is -0.368. The Balaban J connectivity index is 1.64. The maximum absolute atomic E-state index is 13.5. The SMILES string of the molecule is COc1ccc2c(c1)C(=O)C(=Cc1ccc(Oc3ccc(C#N)cc3C(F)(F)F)c(OC)c1)O2. The van der Waals surface area contributed by atoms with Crippen molar-refractivity contribution in [3.8, 4) is 34.8 Å². The Hall–Kier alpha value is -4.45. The molecule has 0 saturated heterocycles. The summed E-state index contributed by atoms with van der Waals surface area (Å²) >= 11 is 0. The van der Waals surface area contributed by atoms with E-state index in [-0.39, 0.29) is 28.6 Å². The molecular weight excluding hydrogens is 451 g/mol. The van der Waals surface area contributed by atoms with E-state index in [1.165, 1.54) is 38.5 Å². The molecule has 0 amide bonds. The molecular formula is C25H16F3NO5. The summed E-state index contributed by atoms with van der Waals surface area (Å²) in [4.78, 5) is 12.7. The highest BCUT2D eigenvalue weighted by atomic mass is 19.4. The van der Waals surface area contributed by atoms with Gasteiger partial charge in [-0.1, -0.05) is 6.07 Å². The number of rotatable bonds is 5. The third-order valence-corrected chi connectivity index (χ3v) is 4.99. The van der Waals surface area contributed by atoms with Gasteiger partial charge >= 0.3 is 6.18 Å². The second kappa shape index (κ2) is 8.83. The largest absolute Gasteiger partial charge is 0.497 e. The number of allylic oxidation sites excluding steroid dienone is 1. The van der Waals surface area contributed by atoms with E-state index in [4.69, 9.17) is 24.2 Å². The van der Waals surface area contributed by atoms with Gasteiger partial charge in [0.2, 0.25) is 5.78 Å². The van der Waals surface area contributed by atoms with Crippen LogP contribution in [0.3, 0.4) is 0 Å². The Morgan fingerprint density at radius 2 is 1.71 bits per heavy atom. The lowest BCUT2D eigenvalue weighted by Crippen LogP contribution is -2.08. The molecule has 1 aliphatic rings. The first-order valence-corrected chi connectivity index (χ1v) is 9.83. The van der Waals surface area contributed by atoms with E-state index in [1.54, 1.807) is 30.3 Å². The number of carbonyl (C=O) groups excluding carboxylic acids is 1. The normalized spacial score (nSPS) is 13.8. The van der Waals surface area contributed by atoms with E-state index in [1.807, 2.05) is 0 Å². The van der Waals surface area contributed by atoms with Gasteiger partial charge in [-0.3, -0.25) is 4.79 Å². The molecule has 0 aliphatic carbocycles. The molecule has 1 heterocycles. The lowest BCUT2D eigenvalue weighted by Gasteiger charge is -2.16. The maximum atomic E-state index is 13.5. The summed E-state index contributed by atoms with van der Waals surface area (Å²) < 4.78 is 61.9. The van der Waals surface area contributed by atoms with Gasteiger partial charge in [0.15, 0.2) is 17.3 Å². The summed E-state index contributed by atoms with van der Waals surface area (Å²) in [5, 5.41) is 8.92. The monoisotopic (exact) mass is 467 g/mol. The van der Waals surface area contributed by atoms with Crippen molar-refractivity contribution in [3.63, 3.8) is 0 Å². The number of hydrogen-bond acceptors (Lipinski definition) is 6. The second-order valence-electron chi connectivity index (χ2n) is 7.13. The number of ketones is 1. The first-order chi connectivity index (χ1) is 16.2. The molecule has 0 atom stereocenters. The molecule has 4 rings (SSSR count). The van der Waals surface area contributed by atoms with Crippen molar-refractivity contribution >= 4 is 11.9 Å². The van der Waals surface area contributed by atoms with E-state index in [0.717, 1.165) is 12.1 Å².